The summed E-state index contributed by atoms with van der Waals surface area (Å²) in [5.41, 5.74) is 8.01. The number of nitrogens with zero attached hydrogens (tertiary/aromatic N) is 3. The summed E-state index contributed by atoms with van der Waals surface area (Å²) in [5.74, 6) is 0.905. The third-order valence-electron chi connectivity index (χ3n) is 2.95. The molecule has 98 valence electrons. The third kappa shape index (κ3) is 2.52. The number of rotatable bonds is 6. The van der Waals surface area contributed by atoms with Crippen LogP contribution in [0.15, 0.2) is 18.3 Å². The SMILES string of the molecule is CCCn1c(C(N)CCOC)nc2cccnc21. The number of imidazole rings is 1. The molecule has 0 aromatic carbocycles. The number of methoxy groups -OCH3 is 1. The molecule has 0 aliphatic carbocycles. The molecular formula is C13H20N4O. The van der Waals surface area contributed by atoms with E-state index in [1.165, 1.54) is 0 Å². The van der Waals surface area contributed by atoms with Crippen molar-refractivity contribution < 1.29 is 4.74 Å². The maximum atomic E-state index is 6.18. The Morgan fingerprint density at radius 3 is 3.06 bits per heavy atom. The summed E-state index contributed by atoms with van der Waals surface area (Å²) in [4.78, 5) is 9.00. The summed E-state index contributed by atoms with van der Waals surface area (Å²) in [6.45, 7) is 3.67. The molecule has 1 unspecified atom stereocenters. The number of nitrogens with two attached hydrogens (primary N) is 1. The van der Waals surface area contributed by atoms with E-state index in [1.807, 2.05) is 12.1 Å². The van der Waals surface area contributed by atoms with Crippen molar-refractivity contribution in [3.05, 3.63) is 24.2 Å². The predicted octanol–water partition coefficient (Wildman–Crippen LogP) is 1.88. The number of pyridine rings is 1. The second kappa shape index (κ2) is 5.93. The molecule has 0 aliphatic heterocycles. The molecule has 18 heavy (non-hydrogen) atoms. The van der Waals surface area contributed by atoms with Crippen LogP contribution in [0.1, 0.15) is 31.6 Å². The van der Waals surface area contributed by atoms with Gasteiger partial charge in [0.25, 0.3) is 0 Å². The van der Waals surface area contributed by atoms with E-state index in [0.29, 0.717) is 6.61 Å². The number of aromatic nitrogens is 3. The highest BCUT2D eigenvalue weighted by atomic mass is 16.5. The summed E-state index contributed by atoms with van der Waals surface area (Å²) in [6.07, 6.45) is 3.59. The fraction of sp³-hybridized carbons (Fsp3) is 0.538. The van der Waals surface area contributed by atoms with Gasteiger partial charge in [0.2, 0.25) is 0 Å². The van der Waals surface area contributed by atoms with Crippen LogP contribution in [0, 0.1) is 0 Å². The first-order valence-electron chi connectivity index (χ1n) is 6.33. The van der Waals surface area contributed by atoms with Crippen LogP contribution in [0.5, 0.6) is 0 Å². The second-order valence-electron chi connectivity index (χ2n) is 4.36. The van der Waals surface area contributed by atoms with Gasteiger partial charge in [-0.25, -0.2) is 9.97 Å². The average molecular weight is 248 g/mol. The summed E-state index contributed by atoms with van der Waals surface area (Å²) in [7, 11) is 1.68. The molecule has 2 aromatic heterocycles. The van der Waals surface area contributed by atoms with Crippen molar-refractivity contribution in [1.29, 1.82) is 0 Å². The van der Waals surface area contributed by atoms with Gasteiger partial charge in [-0.1, -0.05) is 6.92 Å². The maximum Gasteiger partial charge on any atom is 0.160 e. The summed E-state index contributed by atoms with van der Waals surface area (Å²) in [5, 5.41) is 0. The standard InChI is InChI=1S/C13H20N4O/c1-3-8-17-12(10(14)6-9-18-2)16-11-5-4-7-15-13(11)17/h4-5,7,10H,3,6,8-9,14H2,1-2H3. The summed E-state index contributed by atoms with van der Waals surface area (Å²) < 4.78 is 7.20. The highest BCUT2D eigenvalue weighted by Crippen LogP contribution is 2.20. The minimum Gasteiger partial charge on any atom is -0.385 e. The van der Waals surface area contributed by atoms with Gasteiger partial charge in [0.1, 0.15) is 11.3 Å². The van der Waals surface area contributed by atoms with Gasteiger partial charge >= 0.3 is 0 Å². The van der Waals surface area contributed by atoms with E-state index in [2.05, 4.69) is 21.5 Å². The number of hydrogen-bond donors (Lipinski definition) is 1. The van der Waals surface area contributed by atoms with Crippen LogP contribution in [0.4, 0.5) is 0 Å². The van der Waals surface area contributed by atoms with Gasteiger partial charge in [0, 0.05) is 26.5 Å². The molecule has 2 aromatic rings. The fourth-order valence-electron chi connectivity index (χ4n) is 2.08. The van der Waals surface area contributed by atoms with Crippen LogP contribution in [0.3, 0.4) is 0 Å². The first kappa shape index (κ1) is 13.0. The largest absolute Gasteiger partial charge is 0.385 e. The second-order valence-corrected chi connectivity index (χ2v) is 4.36. The van der Waals surface area contributed by atoms with Gasteiger partial charge in [-0.2, -0.15) is 0 Å². The van der Waals surface area contributed by atoms with Gasteiger partial charge in [-0.15, -0.1) is 0 Å². The van der Waals surface area contributed by atoms with Crippen LogP contribution in [-0.4, -0.2) is 28.3 Å². The first-order chi connectivity index (χ1) is 8.77. The predicted molar refractivity (Wildman–Crippen MR) is 71.2 cm³/mol. The molecule has 0 bridgehead atoms. The molecule has 2 N–H and O–H groups in total. The molecular weight excluding hydrogens is 228 g/mol. The van der Waals surface area contributed by atoms with Crippen LogP contribution < -0.4 is 5.73 Å². The van der Waals surface area contributed by atoms with Crippen molar-refractivity contribution in [1.82, 2.24) is 14.5 Å². The lowest BCUT2D eigenvalue weighted by atomic mass is 10.2. The zero-order valence-electron chi connectivity index (χ0n) is 11.0. The van der Waals surface area contributed by atoms with E-state index in [4.69, 9.17) is 10.5 Å². The molecule has 5 heteroatoms. The van der Waals surface area contributed by atoms with E-state index in [0.717, 1.165) is 36.4 Å². The van der Waals surface area contributed by atoms with Gasteiger partial charge < -0.3 is 15.0 Å². The Morgan fingerprint density at radius 1 is 1.50 bits per heavy atom. The number of fused-ring (bicyclic) bond motifs is 1. The zero-order valence-corrected chi connectivity index (χ0v) is 11.0. The average Bonchev–Trinajstić information content (AvgIpc) is 2.76. The molecule has 1 atom stereocenters. The smallest absolute Gasteiger partial charge is 0.160 e. The van der Waals surface area contributed by atoms with Crippen molar-refractivity contribution in [3.63, 3.8) is 0 Å². The van der Waals surface area contributed by atoms with Crippen LogP contribution in [0.25, 0.3) is 11.2 Å². The van der Waals surface area contributed by atoms with Crippen molar-refractivity contribution >= 4 is 11.2 Å². The lowest BCUT2D eigenvalue weighted by Gasteiger charge is -2.13. The Balaban J connectivity index is 2.38. The van der Waals surface area contributed by atoms with Gasteiger partial charge in [0.15, 0.2) is 5.65 Å². The molecule has 2 heterocycles. The zero-order chi connectivity index (χ0) is 13.0. The molecule has 0 fully saturated rings. The quantitative estimate of drug-likeness (QED) is 0.847. The molecule has 0 saturated carbocycles. The van der Waals surface area contributed by atoms with Crippen molar-refractivity contribution in [2.45, 2.75) is 32.4 Å². The van der Waals surface area contributed by atoms with Gasteiger partial charge in [0.05, 0.1) is 6.04 Å². The number of ether oxygens (including phenoxy) is 1. The molecule has 0 amide bonds. The lowest BCUT2D eigenvalue weighted by Crippen LogP contribution is -2.18. The van der Waals surface area contributed by atoms with Crippen molar-refractivity contribution in [2.24, 2.45) is 5.73 Å². The molecule has 0 spiro atoms. The van der Waals surface area contributed by atoms with E-state index in [1.54, 1.807) is 13.3 Å². The van der Waals surface area contributed by atoms with Gasteiger partial charge in [-0.05, 0) is 25.0 Å². The highest BCUT2D eigenvalue weighted by molar-refractivity contribution is 5.71. The molecule has 0 aliphatic rings. The van der Waals surface area contributed by atoms with Crippen LogP contribution >= 0.6 is 0 Å². The van der Waals surface area contributed by atoms with Gasteiger partial charge in [-0.3, -0.25) is 0 Å². The maximum absolute atomic E-state index is 6.18. The summed E-state index contributed by atoms with van der Waals surface area (Å²) >= 11 is 0. The molecule has 5 nitrogen and oxygen atoms in total. The first-order valence-corrected chi connectivity index (χ1v) is 6.33. The van der Waals surface area contributed by atoms with Crippen LogP contribution in [0.2, 0.25) is 0 Å². The minimum absolute atomic E-state index is 0.106. The Labute approximate surface area is 107 Å². The topological polar surface area (TPSA) is 66.0 Å². The molecule has 0 radical (unpaired) electrons. The van der Waals surface area contributed by atoms with E-state index in [-0.39, 0.29) is 6.04 Å². The van der Waals surface area contributed by atoms with E-state index >= 15 is 0 Å². The van der Waals surface area contributed by atoms with E-state index in [9.17, 15) is 0 Å². The van der Waals surface area contributed by atoms with E-state index < -0.39 is 0 Å². The van der Waals surface area contributed by atoms with Crippen molar-refractivity contribution in [3.8, 4) is 0 Å². The molecule has 2 rings (SSSR count). The third-order valence-corrected chi connectivity index (χ3v) is 2.95. The Bertz CT molecular complexity index is 509. The number of hydrogen-bond acceptors (Lipinski definition) is 4. The fourth-order valence-corrected chi connectivity index (χ4v) is 2.08. The normalized spacial score (nSPS) is 13.1. The van der Waals surface area contributed by atoms with Crippen molar-refractivity contribution in [2.75, 3.05) is 13.7 Å². The molecule has 0 saturated heterocycles. The lowest BCUT2D eigenvalue weighted by molar-refractivity contribution is 0.186. The Kier molecular flexibility index (Phi) is 4.28. The minimum atomic E-state index is -0.106. The highest BCUT2D eigenvalue weighted by Gasteiger charge is 2.16. The Morgan fingerprint density at radius 2 is 2.33 bits per heavy atom. The monoisotopic (exact) mass is 248 g/mol. The number of aryl methyl sites for hydroxylation is 1. The van der Waals surface area contributed by atoms with Crippen LogP contribution in [-0.2, 0) is 11.3 Å². The Hall–Kier alpha value is -1.46. The summed E-state index contributed by atoms with van der Waals surface area (Å²) in [6, 6.07) is 3.77.